The Morgan fingerprint density at radius 2 is 1.89 bits per heavy atom. The molecule has 0 aromatic carbocycles. The van der Waals surface area contributed by atoms with E-state index in [9.17, 15) is 0 Å². The highest BCUT2D eigenvalue weighted by Crippen LogP contribution is 2.32. The minimum absolute atomic E-state index is 0.414. The van der Waals surface area contributed by atoms with E-state index >= 15 is 0 Å². The summed E-state index contributed by atoms with van der Waals surface area (Å²) in [6, 6.07) is 0.720. The number of piperidine rings is 2. The molecule has 2 rings (SSSR count). The molecule has 0 saturated carbocycles. The molecule has 112 valence electrons. The molecule has 0 aromatic heterocycles. The van der Waals surface area contributed by atoms with Gasteiger partial charge in [0.1, 0.15) is 0 Å². The number of hydrogen-bond acceptors (Lipinski definition) is 2. The van der Waals surface area contributed by atoms with E-state index in [1.54, 1.807) is 0 Å². The van der Waals surface area contributed by atoms with Crippen LogP contribution in [-0.2, 0) is 0 Å². The first-order valence-corrected chi connectivity index (χ1v) is 8.37. The van der Waals surface area contributed by atoms with Gasteiger partial charge in [0.25, 0.3) is 0 Å². The van der Waals surface area contributed by atoms with E-state index in [4.69, 9.17) is 0 Å². The summed E-state index contributed by atoms with van der Waals surface area (Å²) < 4.78 is 0. The van der Waals surface area contributed by atoms with Crippen LogP contribution in [-0.4, -0.2) is 47.6 Å². The summed E-state index contributed by atoms with van der Waals surface area (Å²) in [4.78, 5) is 5.45. The lowest BCUT2D eigenvalue weighted by Crippen LogP contribution is -2.53. The summed E-state index contributed by atoms with van der Waals surface area (Å²) in [5.74, 6) is 1.80. The number of rotatable bonds is 3. The van der Waals surface area contributed by atoms with Gasteiger partial charge in [0, 0.05) is 24.7 Å². The predicted molar refractivity (Wildman–Crippen MR) is 83.5 cm³/mol. The highest BCUT2D eigenvalue weighted by atomic mass is 15.2. The third kappa shape index (κ3) is 3.95. The van der Waals surface area contributed by atoms with Crippen molar-refractivity contribution in [3.63, 3.8) is 0 Å². The Hall–Kier alpha value is -0.0800. The van der Waals surface area contributed by atoms with Crippen LogP contribution in [0, 0.1) is 11.8 Å². The maximum atomic E-state index is 2.78. The van der Waals surface area contributed by atoms with Crippen LogP contribution in [0.25, 0.3) is 0 Å². The molecular formula is C17H34N2. The zero-order valence-electron chi connectivity index (χ0n) is 13.8. The molecule has 0 unspecified atom stereocenters. The van der Waals surface area contributed by atoms with Crippen LogP contribution in [0.4, 0.5) is 0 Å². The maximum Gasteiger partial charge on any atom is 0.0155 e. The van der Waals surface area contributed by atoms with Gasteiger partial charge in [-0.25, -0.2) is 0 Å². The van der Waals surface area contributed by atoms with Gasteiger partial charge >= 0.3 is 0 Å². The largest absolute Gasteiger partial charge is 0.301 e. The number of likely N-dealkylation sites (tertiary alicyclic amines) is 2. The van der Waals surface area contributed by atoms with Crippen molar-refractivity contribution in [2.75, 3.05) is 26.2 Å². The second-order valence-electron chi connectivity index (χ2n) is 7.95. The third-order valence-electron chi connectivity index (χ3n) is 5.36. The van der Waals surface area contributed by atoms with Crippen molar-refractivity contribution in [2.45, 2.75) is 71.9 Å². The molecule has 0 bridgehead atoms. The van der Waals surface area contributed by atoms with Crippen LogP contribution in [0.15, 0.2) is 0 Å². The first-order valence-electron chi connectivity index (χ1n) is 8.37. The molecule has 0 aromatic rings. The molecule has 0 aliphatic carbocycles. The maximum absolute atomic E-state index is 2.78. The number of nitrogens with zero attached hydrogens (tertiary/aromatic N) is 2. The molecule has 2 atom stereocenters. The predicted octanol–water partition coefficient (Wildman–Crippen LogP) is 3.62. The molecule has 2 nitrogen and oxygen atoms in total. The smallest absolute Gasteiger partial charge is 0.0155 e. The molecule has 2 aliphatic heterocycles. The standard InChI is InChI=1S/C17H34N2/c1-14(2)18-9-6-7-16(12-18)13-19-10-8-15(3)11-17(19,4)5/h14-16H,6-13H2,1-5H3/t15-,16+/m1/s1. The van der Waals surface area contributed by atoms with Gasteiger partial charge in [-0.1, -0.05) is 6.92 Å². The third-order valence-corrected chi connectivity index (χ3v) is 5.36. The van der Waals surface area contributed by atoms with E-state index in [0.717, 1.165) is 17.9 Å². The summed E-state index contributed by atoms with van der Waals surface area (Å²) in [6.07, 6.45) is 5.59. The van der Waals surface area contributed by atoms with Gasteiger partial charge in [0.2, 0.25) is 0 Å². The Kier molecular flexibility index (Phi) is 4.94. The highest BCUT2D eigenvalue weighted by Gasteiger charge is 2.35. The Balaban J connectivity index is 1.89. The van der Waals surface area contributed by atoms with E-state index in [-0.39, 0.29) is 0 Å². The molecule has 19 heavy (non-hydrogen) atoms. The fraction of sp³-hybridized carbons (Fsp3) is 1.00. The molecule has 2 heteroatoms. The van der Waals surface area contributed by atoms with Crippen LogP contribution in [0.1, 0.15) is 60.3 Å². The van der Waals surface area contributed by atoms with Crippen LogP contribution < -0.4 is 0 Å². The first kappa shape index (κ1) is 15.3. The fourth-order valence-electron chi connectivity index (χ4n) is 4.13. The summed E-state index contributed by atoms with van der Waals surface area (Å²) in [5, 5.41) is 0. The van der Waals surface area contributed by atoms with Gasteiger partial charge in [-0.3, -0.25) is 4.90 Å². The lowest BCUT2D eigenvalue weighted by Gasteiger charge is -2.47. The van der Waals surface area contributed by atoms with Gasteiger partial charge in [-0.2, -0.15) is 0 Å². The van der Waals surface area contributed by atoms with Crippen LogP contribution >= 0.6 is 0 Å². The van der Waals surface area contributed by atoms with Gasteiger partial charge in [0.05, 0.1) is 0 Å². The topological polar surface area (TPSA) is 6.48 Å². The van der Waals surface area contributed by atoms with E-state index in [0.29, 0.717) is 5.54 Å². The summed E-state index contributed by atoms with van der Waals surface area (Å²) in [6.45, 7) is 17.3. The lowest BCUT2D eigenvalue weighted by molar-refractivity contribution is 0.0198. The summed E-state index contributed by atoms with van der Waals surface area (Å²) >= 11 is 0. The summed E-state index contributed by atoms with van der Waals surface area (Å²) in [7, 11) is 0. The van der Waals surface area contributed by atoms with Crippen molar-refractivity contribution in [1.82, 2.24) is 9.80 Å². The van der Waals surface area contributed by atoms with Gasteiger partial charge < -0.3 is 4.90 Å². The molecule has 2 heterocycles. The Morgan fingerprint density at radius 1 is 1.16 bits per heavy atom. The van der Waals surface area contributed by atoms with Crippen molar-refractivity contribution in [3.8, 4) is 0 Å². The van der Waals surface area contributed by atoms with Gasteiger partial charge in [-0.15, -0.1) is 0 Å². The van der Waals surface area contributed by atoms with E-state index in [1.165, 1.54) is 51.9 Å². The van der Waals surface area contributed by atoms with E-state index in [1.807, 2.05) is 0 Å². The Labute approximate surface area is 120 Å². The zero-order chi connectivity index (χ0) is 14.0. The molecule has 0 amide bonds. The lowest BCUT2D eigenvalue weighted by atomic mass is 9.82. The quantitative estimate of drug-likeness (QED) is 0.770. The van der Waals surface area contributed by atoms with E-state index in [2.05, 4.69) is 44.4 Å². The van der Waals surface area contributed by atoms with Crippen molar-refractivity contribution in [3.05, 3.63) is 0 Å². The van der Waals surface area contributed by atoms with Crippen LogP contribution in [0.5, 0.6) is 0 Å². The van der Waals surface area contributed by atoms with Crippen LogP contribution in [0.2, 0.25) is 0 Å². The molecule has 0 radical (unpaired) electrons. The molecule has 0 spiro atoms. The monoisotopic (exact) mass is 266 g/mol. The summed E-state index contributed by atoms with van der Waals surface area (Å²) in [5.41, 5.74) is 0.414. The minimum Gasteiger partial charge on any atom is -0.301 e. The number of hydrogen-bond donors (Lipinski definition) is 0. The minimum atomic E-state index is 0.414. The normalized spacial score (nSPS) is 33.8. The highest BCUT2D eigenvalue weighted by molar-refractivity contribution is 4.90. The van der Waals surface area contributed by atoms with Crippen molar-refractivity contribution < 1.29 is 0 Å². The Morgan fingerprint density at radius 3 is 2.53 bits per heavy atom. The molecule has 2 aliphatic rings. The first-order chi connectivity index (χ1) is 8.88. The molecule has 2 fully saturated rings. The average Bonchev–Trinajstić information content (AvgIpc) is 2.32. The zero-order valence-corrected chi connectivity index (χ0v) is 13.8. The average molecular weight is 266 g/mol. The fourth-order valence-corrected chi connectivity index (χ4v) is 4.13. The van der Waals surface area contributed by atoms with Gasteiger partial charge in [-0.05, 0) is 78.3 Å². The van der Waals surface area contributed by atoms with E-state index < -0.39 is 0 Å². The van der Waals surface area contributed by atoms with Gasteiger partial charge in [0.15, 0.2) is 0 Å². The van der Waals surface area contributed by atoms with Crippen molar-refractivity contribution in [1.29, 1.82) is 0 Å². The van der Waals surface area contributed by atoms with Crippen molar-refractivity contribution >= 4 is 0 Å². The SMILES string of the molecule is CC(C)N1CCC[C@H](CN2CC[C@@H](C)CC2(C)C)C1. The van der Waals surface area contributed by atoms with Crippen molar-refractivity contribution in [2.24, 2.45) is 11.8 Å². The molecular weight excluding hydrogens is 232 g/mol. The Bertz CT molecular complexity index is 285. The molecule has 2 saturated heterocycles. The second kappa shape index (κ2) is 6.13. The molecule has 0 N–H and O–H groups in total. The second-order valence-corrected chi connectivity index (χ2v) is 7.95. The van der Waals surface area contributed by atoms with Crippen LogP contribution in [0.3, 0.4) is 0 Å².